The molecular formula is C21H19Cl2N3O. The van der Waals surface area contributed by atoms with E-state index in [0.29, 0.717) is 22.2 Å². The van der Waals surface area contributed by atoms with Crippen LogP contribution in [0.2, 0.25) is 10.0 Å². The summed E-state index contributed by atoms with van der Waals surface area (Å²) >= 11 is 12.2. The van der Waals surface area contributed by atoms with Crippen molar-refractivity contribution in [1.29, 1.82) is 5.26 Å². The van der Waals surface area contributed by atoms with E-state index in [1.54, 1.807) is 30.6 Å². The van der Waals surface area contributed by atoms with Crippen LogP contribution in [0.5, 0.6) is 5.75 Å². The molecule has 0 radical (unpaired) electrons. The molecule has 6 heteroatoms. The fourth-order valence-electron chi connectivity index (χ4n) is 3.01. The molecule has 27 heavy (non-hydrogen) atoms. The van der Waals surface area contributed by atoms with Crippen molar-refractivity contribution in [2.24, 2.45) is 0 Å². The summed E-state index contributed by atoms with van der Waals surface area (Å²) in [6.45, 7) is 2.43. The first kappa shape index (κ1) is 19.3. The van der Waals surface area contributed by atoms with E-state index in [9.17, 15) is 5.26 Å². The van der Waals surface area contributed by atoms with E-state index in [4.69, 9.17) is 27.9 Å². The molecule has 0 fully saturated rings. The number of hydrogen-bond donors (Lipinski definition) is 1. The molecule has 3 aromatic rings. The Kier molecular flexibility index (Phi) is 6.39. The first-order chi connectivity index (χ1) is 13.1. The molecule has 0 saturated heterocycles. The maximum Gasteiger partial charge on any atom is 0.123 e. The van der Waals surface area contributed by atoms with Gasteiger partial charge in [-0.05, 0) is 36.8 Å². The van der Waals surface area contributed by atoms with E-state index in [-0.39, 0.29) is 5.92 Å². The van der Waals surface area contributed by atoms with Gasteiger partial charge in [-0.3, -0.25) is 0 Å². The predicted molar refractivity (Wildman–Crippen MR) is 107 cm³/mol. The molecule has 1 unspecified atom stereocenters. The Bertz CT molecular complexity index is 949. The number of nitriles is 1. The monoisotopic (exact) mass is 399 g/mol. The van der Waals surface area contributed by atoms with Crippen LogP contribution >= 0.6 is 23.2 Å². The van der Waals surface area contributed by atoms with Gasteiger partial charge in [0.25, 0.3) is 0 Å². The summed E-state index contributed by atoms with van der Waals surface area (Å²) < 4.78 is 6.09. The lowest BCUT2D eigenvalue weighted by Gasteiger charge is -2.19. The maximum absolute atomic E-state index is 9.32. The Morgan fingerprint density at radius 3 is 2.74 bits per heavy atom. The number of aromatic amines is 1. The van der Waals surface area contributed by atoms with E-state index in [0.717, 1.165) is 35.5 Å². The molecule has 1 atom stereocenters. The van der Waals surface area contributed by atoms with Crippen LogP contribution in [-0.4, -0.2) is 9.97 Å². The second kappa shape index (κ2) is 8.94. The molecule has 0 bridgehead atoms. The first-order valence-electron chi connectivity index (χ1n) is 8.72. The molecule has 1 N–H and O–H groups in total. The standard InChI is InChI=1S/C21H19Cl2N3O/c1-2-3-17(21-25-8-9-26-21)18-10-14(12-24)4-7-20(18)27-13-15-5-6-16(22)11-19(15)23/h4-11,17H,2-3,13H2,1H3,(H,25,26). The number of nitrogens with zero attached hydrogens (tertiary/aromatic N) is 2. The van der Waals surface area contributed by atoms with Gasteiger partial charge in [0.05, 0.1) is 11.6 Å². The van der Waals surface area contributed by atoms with Crippen molar-refractivity contribution in [3.8, 4) is 11.8 Å². The van der Waals surface area contributed by atoms with Crippen molar-refractivity contribution in [2.45, 2.75) is 32.3 Å². The summed E-state index contributed by atoms with van der Waals surface area (Å²) in [5.41, 5.74) is 2.38. The summed E-state index contributed by atoms with van der Waals surface area (Å²) in [6, 6.07) is 13.0. The molecular weight excluding hydrogens is 381 g/mol. The van der Waals surface area contributed by atoms with Gasteiger partial charge in [-0.15, -0.1) is 0 Å². The van der Waals surface area contributed by atoms with Crippen molar-refractivity contribution in [3.63, 3.8) is 0 Å². The molecule has 2 aromatic carbocycles. The molecule has 138 valence electrons. The van der Waals surface area contributed by atoms with Crippen LogP contribution in [0.3, 0.4) is 0 Å². The van der Waals surface area contributed by atoms with Gasteiger partial charge < -0.3 is 9.72 Å². The Morgan fingerprint density at radius 1 is 1.22 bits per heavy atom. The highest BCUT2D eigenvalue weighted by Crippen LogP contribution is 2.35. The minimum Gasteiger partial charge on any atom is -0.489 e. The van der Waals surface area contributed by atoms with Gasteiger partial charge in [-0.1, -0.05) is 42.6 Å². The lowest BCUT2D eigenvalue weighted by Crippen LogP contribution is -2.07. The van der Waals surface area contributed by atoms with Gasteiger partial charge >= 0.3 is 0 Å². The minimum absolute atomic E-state index is 0.0222. The lowest BCUT2D eigenvalue weighted by molar-refractivity contribution is 0.301. The van der Waals surface area contributed by atoms with Crippen LogP contribution in [0.15, 0.2) is 48.8 Å². The molecule has 3 rings (SSSR count). The number of nitrogens with one attached hydrogen (secondary N) is 1. The molecule has 1 heterocycles. The summed E-state index contributed by atoms with van der Waals surface area (Å²) in [4.78, 5) is 7.61. The average molecular weight is 400 g/mol. The van der Waals surface area contributed by atoms with Gasteiger partial charge in [0, 0.05) is 39.5 Å². The molecule has 0 aliphatic rings. The number of rotatable bonds is 7. The van der Waals surface area contributed by atoms with E-state index >= 15 is 0 Å². The molecule has 0 aliphatic carbocycles. The van der Waals surface area contributed by atoms with Crippen molar-refractivity contribution in [3.05, 3.63) is 81.4 Å². The van der Waals surface area contributed by atoms with Crippen molar-refractivity contribution >= 4 is 23.2 Å². The molecule has 1 aromatic heterocycles. The van der Waals surface area contributed by atoms with Gasteiger partial charge in [0.1, 0.15) is 18.2 Å². The van der Waals surface area contributed by atoms with Crippen LogP contribution in [0.1, 0.15) is 48.2 Å². The zero-order valence-electron chi connectivity index (χ0n) is 14.9. The fourth-order valence-corrected chi connectivity index (χ4v) is 3.48. The Hall–Kier alpha value is -2.48. The summed E-state index contributed by atoms with van der Waals surface area (Å²) in [7, 11) is 0. The van der Waals surface area contributed by atoms with E-state index < -0.39 is 0 Å². The van der Waals surface area contributed by atoms with Crippen LogP contribution in [0.25, 0.3) is 0 Å². The number of ether oxygens (including phenoxy) is 1. The third kappa shape index (κ3) is 4.63. The number of imidazole rings is 1. The molecule has 0 spiro atoms. The minimum atomic E-state index is 0.0222. The zero-order chi connectivity index (χ0) is 19.2. The van der Waals surface area contributed by atoms with Crippen LogP contribution < -0.4 is 4.74 Å². The van der Waals surface area contributed by atoms with Crippen LogP contribution in [0.4, 0.5) is 0 Å². The number of H-pyrrole nitrogens is 1. The van der Waals surface area contributed by atoms with Gasteiger partial charge in [0.15, 0.2) is 0 Å². The van der Waals surface area contributed by atoms with E-state index in [2.05, 4.69) is 23.0 Å². The third-order valence-electron chi connectivity index (χ3n) is 4.34. The molecule has 0 amide bonds. The summed E-state index contributed by atoms with van der Waals surface area (Å²) in [5, 5.41) is 10.5. The smallest absolute Gasteiger partial charge is 0.123 e. The van der Waals surface area contributed by atoms with Crippen molar-refractivity contribution in [1.82, 2.24) is 9.97 Å². The Balaban J connectivity index is 1.94. The topological polar surface area (TPSA) is 61.7 Å². The largest absolute Gasteiger partial charge is 0.489 e. The van der Waals surface area contributed by atoms with Gasteiger partial charge in [-0.2, -0.15) is 5.26 Å². The van der Waals surface area contributed by atoms with Gasteiger partial charge in [-0.25, -0.2) is 4.98 Å². The number of hydrogen-bond acceptors (Lipinski definition) is 3. The third-order valence-corrected chi connectivity index (χ3v) is 4.93. The van der Waals surface area contributed by atoms with Crippen LogP contribution in [-0.2, 0) is 6.61 Å². The van der Waals surface area contributed by atoms with Crippen molar-refractivity contribution in [2.75, 3.05) is 0 Å². The second-order valence-electron chi connectivity index (χ2n) is 6.20. The number of benzene rings is 2. The Morgan fingerprint density at radius 2 is 2.07 bits per heavy atom. The first-order valence-corrected chi connectivity index (χ1v) is 9.48. The normalized spacial score (nSPS) is 11.8. The van der Waals surface area contributed by atoms with Gasteiger partial charge in [0.2, 0.25) is 0 Å². The van der Waals surface area contributed by atoms with E-state index in [1.807, 2.05) is 18.2 Å². The zero-order valence-corrected chi connectivity index (χ0v) is 16.4. The van der Waals surface area contributed by atoms with E-state index in [1.165, 1.54) is 0 Å². The summed E-state index contributed by atoms with van der Waals surface area (Å²) in [5.74, 6) is 1.60. The van der Waals surface area contributed by atoms with Crippen molar-refractivity contribution < 1.29 is 4.74 Å². The SMILES string of the molecule is CCCC(c1ncc[nH]1)c1cc(C#N)ccc1OCc1ccc(Cl)cc1Cl. The summed E-state index contributed by atoms with van der Waals surface area (Å²) in [6.07, 6.45) is 5.41. The number of halogens is 2. The lowest BCUT2D eigenvalue weighted by atomic mass is 9.91. The molecule has 0 aliphatic heterocycles. The molecule has 4 nitrogen and oxygen atoms in total. The highest BCUT2D eigenvalue weighted by Gasteiger charge is 2.21. The highest BCUT2D eigenvalue weighted by molar-refractivity contribution is 6.35. The second-order valence-corrected chi connectivity index (χ2v) is 7.05. The maximum atomic E-state index is 9.32. The highest BCUT2D eigenvalue weighted by atomic mass is 35.5. The van der Waals surface area contributed by atoms with Crippen LogP contribution in [0, 0.1) is 11.3 Å². The average Bonchev–Trinajstić information content (AvgIpc) is 3.20. The Labute approximate surface area is 168 Å². The number of aromatic nitrogens is 2. The quantitative estimate of drug-likeness (QED) is 0.521. The predicted octanol–water partition coefficient (Wildman–Crippen LogP) is 6.10. The fraction of sp³-hybridized carbons (Fsp3) is 0.238. The molecule has 0 saturated carbocycles.